The third-order valence-corrected chi connectivity index (χ3v) is 5.15. The fraction of sp³-hybridized carbons (Fsp3) is 0.320. The first-order chi connectivity index (χ1) is 16.4. The van der Waals surface area contributed by atoms with Gasteiger partial charge in [-0.25, -0.2) is 4.79 Å². The SMILES string of the molecule is CCOC(=O)C(C)Oc1cccc2c(=O)n(CC(=O)NCc3ccc(OC)c(OC)c3)ccc12. The average molecular weight is 469 g/mol. The smallest absolute Gasteiger partial charge is 0.347 e. The first-order valence-electron chi connectivity index (χ1n) is 10.8. The van der Waals surface area contributed by atoms with Gasteiger partial charge in [0.15, 0.2) is 17.6 Å². The lowest BCUT2D eigenvalue weighted by Gasteiger charge is -2.15. The van der Waals surface area contributed by atoms with Gasteiger partial charge in [-0.2, -0.15) is 0 Å². The average Bonchev–Trinajstić information content (AvgIpc) is 2.84. The molecular formula is C25H28N2O7. The number of amides is 1. The molecule has 2 aromatic carbocycles. The highest BCUT2D eigenvalue weighted by Crippen LogP contribution is 2.27. The molecule has 0 aliphatic rings. The molecule has 180 valence electrons. The predicted molar refractivity (Wildman–Crippen MR) is 126 cm³/mol. The number of fused-ring (bicyclic) bond motifs is 1. The van der Waals surface area contributed by atoms with Crippen LogP contribution < -0.4 is 25.1 Å². The summed E-state index contributed by atoms with van der Waals surface area (Å²) in [6, 6.07) is 12.0. The molecule has 0 saturated carbocycles. The molecule has 0 fully saturated rings. The number of nitrogens with one attached hydrogen (secondary N) is 1. The lowest BCUT2D eigenvalue weighted by atomic mass is 10.1. The number of pyridine rings is 1. The monoisotopic (exact) mass is 468 g/mol. The van der Waals surface area contributed by atoms with Crippen molar-refractivity contribution in [1.29, 1.82) is 0 Å². The summed E-state index contributed by atoms with van der Waals surface area (Å²) in [5.74, 6) is 0.745. The summed E-state index contributed by atoms with van der Waals surface area (Å²) >= 11 is 0. The van der Waals surface area contributed by atoms with Crippen molar-refractivity contribution in [3.8, 4) is 17.2 Å². The normalized spacial score (nSPS) is 11.5. The Morgan fingerprint density at radius 2 is 1.76 bits per heavy atom. The number of nitrogens with zero attached hydrogens (tertiary/aromatic N) is 1. The van der Waals surface area contributed by atoms with Crippen LogP contribution in [0.25, 0.3) is 10.8 Å². The van der Waals surface area contributed by atoms with Crippen LogP contribution in [0.3, 0.4) is 0 Å². The third kappa shape index (κ3) is 5.67. The van der Waals surface area contributed by atoms with Gasteiger partial charge in [-0.15, -0.1) is 0 Å². The van der Waals surface area contributed by atoms with Gasteiger partial charge in [0.05, 0.1) is 26.2 Å². The van der Waals surface area contributed by atoms with Crippen molar-refractivity contribution in [1.82, 2.24) is 9.88 Å². The minimum absolute atomic E-state index is 0.146. The molecule has 3 rings (SSSR count). The lowest BCUT2D eigenvalue weighted by molar-refractivity contribution is -0.150. The van der Waals surface area contributed by atoms with Gasteiger partial charge < -0.3 is 28.8 Å². The number of benzene rings is 2. The van der Waals surface area contributed by atoms with Crippen LogP contribution in [-0.4, -0.2) is 43.4 Å². The van der Waals surface area contributed by atoms with Crippen LogP contribution in [0.4, 0.5) is 0 Å². The van der Waals surface area contributed by atoms with Gasteiger partial charge in [0, 0.05) is 18.1 Å². The second-order valence-electron chi connectivity index (χ2n) is 7.44. The van der Waals surface area contributed by atoms with E-state index in [2.05, 4.69) is 5.32 Å². The van der Waals surface area contributed by atoms with Gasteiger partial charge >= 0.3 is 5.97 Å². The minimum Gasteiger partial charge on any atom is -0.493 e. The molecule has 0 spiro atoms. The summed E-state index contributed by atoms with van der Waals surface area (Å²) in [5, 5.41) is 3.73. The Morgan fingerprint density at radius 3 is 2.47 bits per heavy atom. The van der Waals surface area contributed by atoms with Crippen molar-refractivity contribution >= 4 is 22.6 Å². The van der Waals surface area contributed by atoms with Crippen molar-refractivity contribution in [2.75, 3.05) is 20.8 Å². The molecule has 0 aliphatic carbocycles. The van der Waals surface area contributed by atoms with Crippen molar-refractivity contribution in [2.24, 2.45) is 0 Å². The van der Waals surface area contributed by atoms with Crippen LogP contribution in [0.2, 0.25) is 0 Å². The Hall–Kier alpha value is -4.01. The van der Waals surface area contributed by atoms with Gasteiger partial charge in [0.25, 0.3) is 5.56 Å². The molecule has 1 atom stereocenters. The molecule has 9 heteroatoms. The quantitative estimate of drug-likeness (QED) is 0.456. The number of carbonyl (C=O) groups excluding carboxylic acids is 2. The fourth-order valence-electron chi connectivity index (χ4n) is 3.42. The molecule has 0 aliphatic heterocycles. The molecule has 3 aromatic rings. The number of hydrogen-bond acceptors (Lipinski definition) is 7. The number of methoxy groups -OCH3 is 2. The summed E-state index contributed by atoms with van der Waals surface area (Å²) in [6.07, 6.45) is 0.707. The first kappa shape index (κ1) is 24.6. The van der Waals surface area contributed by atoms with E-state index in [1.54, 1.807) is 64.5 Å². The van der Waals surface area contributed by atoms with E-state index in [0.29, 0.717) is 28.0 Å². The number of esters is 1. The maximum atomic E-state index is 13.0. The van der Waals surface area contributed by atoms with Crippen LogP contribution in [0.5, 0.6) is 17.2 Å². The third-order valence-electron chi connectivity index (χ3n) is 5.15. The fourth-order valence-corrected chi connectivity index (χ4v) is 3.42. The summed E-state index contributed by atoms with van der Waals surface area (Å²) in [4.78, 5) is 37.4. The number of carbonyl (C=O) groups is 2. The molecule has 34 heavy (non-hydrogen) atoms. The Kier molecular flexibility index (Phi) is 8.13. The van der Waals surface area contributed by atoms with Crippen LogP contribution in [0, 0.1) is 0 Å². The van der Waals surface area contributed by atoms with Crippen LogP contribution in [0.15, 0.2) is 53.5 Å². The summed E-state index contributed by atoms with van der Waals surface area (Å²) in [6.45, 7) is 3.67. The number of hydrogen-bond donors (Lipinski definition) is 1. The van der Waals surface area contributed by atoms with E-state index < -0.39 is 12.1 Å². The molecule has 1 unspecified atom stereocenters. The summed E-state index contributed by atoms with van der Waals surface area (Å²) in [5.41, 5.74) is 0.488. The van der Waals surface area contributed by atoms with E-state index in [-0.39, 0.29) is 31.2 Å². The molecule has 0 bridgehead atoms. The predicted octanol–water partition coefficient (Wildman–Crippen LogP) is 2.67. The minimum atomic E-state index is -0.824. The second-order valence-corrected chi connectivity index (χ2v) is 7.44. The Morgan fingerprint density at radius 1 is 1.00 bits per heavy atom. The number of rotatable bonds is 10. The van der Waals surface area contributed by atoms with Gasteiger partial charge in [-0.3, -0.25) is 9.59 Å². The zero-order valence-corrected chi connectivity index (χ0v) is 19.6. The lowest BCUT2D eigenvalue weighted by Crippen LogP contribution is -2.32. The highest BCUT2D eigenvalue weighted by Gasteiger charge is 2.18. The van der Waals surface area contributed by atoms with E-state index in [9.17, 15) is 14.4 Å². The zero-order chi connectivity index (χ0) is 24.7. The Balaban J connectivity index is 1.72. The topological polar surface area (TPSA) is 105 Å². The van der Waals surface area contributed by atoms with Gasteiger partial charge in [0.2, 0.25) is 5.91 Å². The molecule has 1 amide bonds. The molecule has 9 nitrogen and oxygen atoms in total. The zero-order valence-electron chi connectivity index (χ0n) is 19.6. The van der Waals surface area contributed by atoms with Gasteiger partial charge in [-0.1, -0.05) is 12.1 Å². The van der Waals surface area contributed by atoms with E-state index >= 15 is 0 Å². The van der Waals surface area contributed by atoms with Gasteiger partial charge in [0.1, 0.15) is 12.3 Å². The van der Waals surface area contributed by atoms with E-state index in [4.69, 9.17) is 18.9 Å². The first-order valence-corrected chi connectivity index (χ1v) is 10.8. The molecule has 0 saturated heterocycles. The summed E-state index contributed by atoms with van der Waals surface area (Å²) < 4.78 is 22.5. The maximum absolute atomic E-state index is 13.0. The van der Waals surface area contributed by atoms with E-state index in [1.807, 2.05) is 6.07 Å². The highest BCUT2D eigenvalue weighted by atomic mass is 16.6. The second kappa shape index (κ2) is 11.2. The molecule has 1 heterocycles. The van der Waals surface area contributed by atoms with Crippen LogP contribution in [0.1, 0.15) is 19.4 Å². The highest BCUT2D eigenvalue weighted by molar-refractivity contribution is 5.88. The molecule has 0 radical (unpaired) electrons. The standard InChI is InChI=1S/C25H28N2O7/c1-5-33-25(30)16(2)34-20-8-6-7-19-18(20)11-12-27(24(19)29)15-23(28)26-14-17-9-10-21(31-3)22(13-17)32-4/h6-13,16H,5,14-15H2,1-4H3,(H,26,28). The molecule has 1 aromatic heterocycles. The van der Waals surface area contributed by atoms with E-state index in [0.717, 1.165) is 5.56 Å². The van der Waals surface area contributed by atoms with Crippen LogP contribution in [-0.2, 0) is 27.4 Å². The van der Waals surface area contributed by atoms with Crippen molar-refractivity contribution in [3.63, 3.8) is 0 Å². The molecule has 1 N–H and O–H groups in total. The van der Waals surface area contributed by atoms with Crippen molar-refractivity contribution in [2.45, 2.75) is 33.0 Å². The Bertz CT molecular complexity index is 1240. The number of ether oxygens (including phenoxy) is 4. The van der Waals surface area contributed by atoms with Crippen molar-refractivity contribution in [3.05, 3.63) is 64.6 Å². The largest absolute Gasteiger partial charge is 0.493 e. The number of aromatic nitrogens is 1. The summed E-state index contributed by atoms with van der Waals surface area (Å²) in [7, 11) is 3.09. The molecular weight excluding hydrogens is 440 g/mol. The van der Waals surface area contributed by atoms with Gasteiger partial charge in [-0.05, 0) is 49.7 Å². The van der Waals surface area contributed by atoms with Crippen molar-refractivity contribution < 1.29 is 28.5 Å². The van der Waals surface area contributed by atoms with Crippen LogP contribution >= 0.6 is 0 Å². The maximum Gasteiger partial charge on any atom is 0.347 e. The Labute approximate surface area is 197 Å². The van der Waals surface area contributed by atoms with E-state index in [1.165, 1.54) is 10.8 Å².